The van der Waals surface area contributed by atoms with Crippen LogP contribution < -0.4 is 5.32 Å². The first-order chi connectivity index (χ1) is 10.9. The first kappa shape index (κ1) is 15.6. The number of rotatable bonds is 3. The molecule has 2 unspecified atom stereocenters. The van der Waals surface area contributed by atoms with E-state index in [1.54, 1.807) is 0 Å². The largest absolute Gasteiger partial charge is 0.481 e. The molecule has 2 aromatic rings. The number of benzene rings is 1. The number of fused-ring (bicyclic) bond motifs is 1. The number of furan rings is 1. The Balaban J connectivity index is 1.90. The number of aryl methyl sites for hydroxylation is 1. The first-order valence-electron chi connectivity index (χ1n) is 7.96. The average Bonchev–Trinajstić information content (AvgIpc) is 2.85. The number of carboxylic acid groups (broad SMARTS) is 1. The monoisotopic (exact) mass is 315 g/mol. The Kier molecular flexibility index (Phi) is 3.88. The van der Waals surface area contributed by atoms with Crippen molar-refractivity contribution in [3.8, 4) is 0 Å². The summed E-state index contributed by atoms with van der Waals surface area (Å²) >= 11 is 0. The Hall–Kier alpha value is -2.30. The third-order valence-corrected chi connectivity index (χ3v) is 4.96. The fraction of sp³-hybridized carbons (Fsp3) is 0.444. The molecule has 1 saturated carbocycles. The number of hydrogen-bond acceptors (Lipinski definition) is 3. The smallest absolute Gasteiger partial charge is 0.308 e. The molecule has 1 heterocycles. The second kappa shape index (κ2) is 5.72. The van der Waals surface area contributed by atoms with Crippen molar-refractivity contribution in [3.63, 3.8) is 0 Å². The van der Waals surface area contributed by atoms with Crippen LogP contribution in [0.4, 0.5) is 0 Å². The van der Waals surface area contributed by atoms with Gasteiger partial charge < -0.3 is 14.8 Å². The van der Waals surface area contributed by atoms with Gasteiger partial charge in [-0.3, -0.25) is 9.59 Å². The standard InChI is InChI=1S/C18H21NO4/c1-11-12-7-3-4-9-14(12)23-15(11)16(20)19-18(2)10-6-5-8-13(18)17(21)22/h3-4,7,9,13H,5-6,8,10H2,1-2H3,(H,19,20)(H,21,22). The predicted molar refractivity (Wildman–Crippen MR) is 86.4 cm³/mol. The minimum absolute atomic E-state index is 0.266. The summed E-state index contributed by atoms with van der Waals surface area (Å²) in [5.74, 6) is -1.49. The average molecular weight is 315 g/mol. The van der Waals surface area contributed by atoms with Crippen LogP contribution in [-0.4, -0.2) is 22.5 Å². The molecule has 1 aliphatic rings. The van der Waals surface area contributed by atoms with Gasteiger partial charge >= 0.3 is 5.97 Å². The van der Waals surface area contributed by atoms with Crippen LogP contribution in [0.5, 0.6) is 0 Å². The summed E-state index contributed by atoms with van der Waals surface area (Å²) in [4.78, 5) is 24.2. The molecule has 1 amide bonds. The maximum absolute atomic E-state index is 12.7. The lowest BCUT2D eigenvalue weighted by Crippen LogP contribution is -2.55. The number of carbonyl (C=O) groups excluding carboxylic acids is 1. The van der Waals surface area contributed by atoms with Crippen LogP contribution in [0, 0.1) is 12.8 Å². The molecule has 23 heavy (non-hydrogen) atoms. The molecule has 1 aliphatic carbocycles. The summed E-state index contributed by atoms with van der Waals surface area (Å²) < 4.78 is 5.68. The lowest BCUT2D eigenvalue weighted by atomic mass is 9.74. The predicted octanol–water partition coefficient (Wildman–Crippen LogP) is 3.50. The molecule has 0 aliphatic heterocycles. The number of carbonyl (C=O) groups is 2. The molecule has 1 aromatic carbocycles. The van der Waals surface area contributed by atoms with Gasteiger partial charge in [-0.25, -0.2) is 0 Å². The highest BCUT2D eigenvalue weighted by Gasteiger charge is 2.42. The molecule has 3 rings (SSSR count). The molecule has 0 saturated heterocycles. The molecule has 2 N–H and O–H groups in total. The molecule has 5 nitrogen and oxygen atoms in total. The van der Waals surface area contributed by atoms with Crippen molar-refractivity contribution in [3.05, 3.63) is 35.6 Å². The van der Waals surface area contributed by atoms with Crippen LogP contribution in [0.1, 0.15) is 48.7 Å². The SMILES string of the molecule is Cc1c(C(=O)NC2(C)CCCCC2C(=O)O)oc2ccccc12. The van der Waals surface area contributed by atoms with Crippen molar-refractivity contribution in [1.82, 2.24) is 5.32 Å². The molecule has 1 aromatic heterocycles. The van der Waals surface area contributed by atoms with Crippen molar-refractivity contribution in [2.45, 2.75) is 45.1 Å². The zero-order valence-electron chi connectivity index (χ0n) is 13.4. The van der Waals surface area contributed by atoms with E-state index in [9.17, 15) is 14.7 Å². The van der Waals surface area contributed by atoms with Crippen LogP contribution in [0.2, 0.25) is 0 Å². The van der Waals surface area contributed by atoms with Crippen LogP contribution in [0.25, 0.3) is 11.0 Å². The minimum atomic E-state index is -0.853. The van der Waals surface area contributed by atoms with Crippen molar-refractivity contribution in [2.75, 3.05) is 0 Å². The van der Waals surface area contributed by atoms with E-state index in [2.05, 4.69) is 5.32 Å². The molecule has 0 radical (unpaired) electrons. The highest BCUT2D eigenvalue weighted by atomic mass is 16.4. The van der Waals surface area contributed by atoms with E-state index in [1.807, 2.05) is 38.1 Å². The van der Waals surface area contributed by atoms with E-state index in [0.29, 0.717) is 18.4 Å². The van der Waals surface area contributed by atoms with Gasteiger partial charge in [0.25, 0.3) is 5.91 Å². The van der Waals surface area contributed by atoms with E-state index in [-0.39, 0.29) is 11.7 Å². The molecular weight excluding hydrogens is 294 g/mol. The maximum Gasteiger partial charge on any atom is 0.308 e. The van der Waals surface area contributed by atoms with Crippen molar-refractivity contribution in [1.29, 1.82) is 0 Å². The van der Waals surface area contributed by atoms with E-state index < -0.39 is 17.4 Å². The summed E-state index contributed by atoms with van der Waals surface area (Å²) in [5.41, 5.74) is 0.704. The van der Waals surface area contributed by atoms with Crippen LogP contribution >= 0.6 is 0 Å². The topological polar surface area (TPSA) is 79.5 Å². The lowest BCUT2D eigenvalue weighted by molar-refractivity contribution is -0.145. The van der Waals surface area contributed by atoms with Gasteiger partial charge in [-0.1, -0.05) is 31.0 Å². The van der Waals surface area contributed by atoms with Crippen LogP contribution in [0.3, 0.4) is 0 Å². The number of hydrogen-bond donors (Lipinski definition) is 2. The number of nitrogens with one attached hydrogen (secondary N) is 1. The number of aliphatic carboxylic acids is 1. The summed E-state index contributed by atoms with van der Waals surface area (Å²) in [5, 5.41) is 13.3. The van der Waals surface area contributed by atoms with Gasteiger partial charge in [0.15, 0.2) is 5.76 Å². The van der Waals surface area contributed by atoms with Crippen LogP contribution in [0.15, 0.2) is 28.7 Å². The lowest BCUT2D eigenvalue weighted by Gasteiger charge is -2.39. The van der Waals surface area contributed by atoms with Crippen LogP contribution in [-0.2, 0) is 4.79 Å². The minimum Gasteiger partial charge on any atom is -0.481 e. The second-order valence-corrected chi connectivity index (χ2v) is 6.56. The summed E-state index contributed by atoms with van der Waals surface area (Å²) in [6.07, 6.45) is 3.05. The number of carboxylic acids is 1. The number of amides is 1. The molecule has 122 valence electrons. The molecule has 2 atom stereocenters. The van der Waals surface area contributed by atoms with Gasteiger partial charge in [0.05, 0.1) is 11.5 Å². The van der Waals surface area contributed by atoms with Gasteiger partial charge in [0, 0.05) is 10.9 Å². The quantitative estimate of drug-likeness (QED) is 0.908. The fourth-order valence-electron chi connectivity index (χ4n) is 3.59. The Labute approximate surface area is 134 Å². The van der Waals surface area contributed by atoms with Gasteiger partial charge in [0.1, 0.15) is 5.58 Å². The Bertz CT molecular complexity index is 763. The molecular formula is C18H21NO4. The van der Waals surface area contributed by atoms with Crippen molar-refractivity contribution in [2.24, 2.45) is 5.92 Å². The van der Waals surface area contributed by atoms with Gasteiger partial charge in [-0.2, -0.15) is 0 Å². The summed E-state index contributed by atoms with van der Waals surface area (Å²) in [7, 11) is 0. The first-order valence-corrected chi connectivity index (χ1v) is 7.96. The third kappa shape index (κ3) is 2.71. The highest BCUT2D eigenvalue weighted by molar-refractivity contribution is 5.99. The van der Waals surface area contributed by atoms with Gasteiger partial charge in [-0.15, -0.1) is 0 Å². The fourth-order valence-corrected chi connectivity index (χ4v) is 3.59. The van der Waals surface area contributed by atoms with E-state index in [1.165, 1.54) is 0 Å². The van der Waals surface area contributed by atoms with Crippen molar-refractivity contribution >= 4 is 22.8 Å². The third-order valence-electron chi connectivity index (χ3n) is 4.96. The zero-order chi connectivity index (χ0) is 16.6. The molecule has 0 bridgehead atoms. The number of para-hydroxylation sites is 1. The van der Waals surface area contributed by atoms with Gasteiger partial charge in [0.2, 0.25) is 0 Å². The highest BCUT2D eigenvalue weighted by Crippen LogP contribution is 2.34. The Morgan fingerprint density at radius 3 is 2.74 bits per heavy atom. The van der Waals surface area contributed by atoms with Gasteiger partial charge in [-0.05, 0) is 32.8 Å². The van der Waals surface area contributed by atoms with E-state index in [4.69, 9.17) is 4.42 Å². The normalized spacial score (nSPS) is 24.5. The maximum atomic E-state index is 12.7. The molecule has 1 fully saturated rings. The summed E-state index contributed by atoms with van der Waals surface area (Å²) in [6, 6.07) is 7.49. The Morgan fingerprint density at radius 1 is 1.30 bits per heavy atom. The molecule has 0 spiro atoms. The zero-order valence-corrected chi connectivity index (χ0v) is 13.4. The van der Waals surface area contributed by atoms with E-state index in [0.717, 1.165) is 23.8 Å². The summed E-state index contributed by atoms with van der Waals surface area (Å²) in [6.45, 7) is 3.67. The Morgan fingerprint density at radius 2 is 2.04 bits per heavy atom. The molecule has 5 heteroatoms. The second-order valence-electron chi connectivity index (χ2n) is 6.56. The van der Waals surface area contributed by atoms with Crippen molar-refractivity contribution < 1.29 is 19.1 Å². The van der Waals surface area contributed by atoms with E-state index >= 15 is 0 Å².